The van der Waals surface area contributed by atoms with Crippen LogP contribution in [0.15, 0.2) is 29.3 Å². The van der Waals surface area contributed by atoms with E-state index in [2.05, 4.69) is 4.99 Å². The molecular formula is C12H12N2O4S. The van der Waals surface area contributed by atoms with Crippen molar-refractivity contribution in [2.75, 3.05) is 12.4 Å². The number of hydrogen-bond donors (Lipinski definition) is 0. The molecule has 1 aromatic carbocycles. The van der Waals surface area contributed by atoms with Gasteiger partial charge >= 0.3 is 5.97 Å². The summed E-state index contributed by atoms with van der Waals surface area (Å²) in [5, 5.41) is 11.4. The van der Waals surface area contributed by atoms with Crippen LogP contribution in [-0.2, 0) is 9.53 Å². The van der Waals surface area contributed by atoms with Crippen molar-refractivity contribution in [2.24, 2.45) is 4.99 Å². The summed E-state index contributed by atoms with van der Waals surface area (Å²) >= 11 is 1.40. The first-order chi connectivity index (χ1) is 9.11. The quantitative estimate of drug-likeness (QED) is 0.479. The molecule has 1 heterocycles. The Bertz CT molecular complexity index is 544. The number of nitro benzene ring substituents is 1. The van der Waals surface area contributed by atoms with Gasteiger partial charge in [-0.25, -0.2) is 4.79 Å². The number of thioether (sulfide) groups is 1. The van der Waals surface area contributed by atoms with E-state index in [0.717, 1.165) is 0 Å². The number of esters is 1. The maximum absolute atomic E-state index is 11.5. The third-order valence-electron chi connectivity index (χ3n) is 2.51. The molecule has 0 spiro atoms. The van der Waals surface area contributed by atoms with Crippen LogP contribution in [0.25, 0.3) is 0 Å². The van der Waals surface area contributed by atoms with Crippen LogP contribution in [0.1, 0.15) is 12.5 Å². The van der Waals surface area contributed by atoms with Crippen molar-refractivity contribution in [3.63, 3.8) is 0 Å². The van der Waals surface area contributed by atoms with Crippen LogP contribution in [0.5, 0.6) is 0 Å². The molecule has 0 saturated carbocycles. The van der Waals surface area contributed by atoms with Crippen molar-refractivity contribution in [2.45, 2.75) is 13.0 Å². The van der Waals surface area contributed by atoms with E-state index in [-0.39, 0.29) is 11.7 Å². The first kappa shape index (κ1) is 13.5. The van der Waals surface area contributed by atoms with Crippen molar-refractivity contribution in [1.82, 2.24) is 0 Å². The highest BCUT2D eigenvalue weighted by Gasteiger charge is 2.27. The molecule has 1 aliphatic heterocycles. The lowest BCUT2D eigenvalue weighted by molar-refractivity contribution is -0.384. The molecule has 19 heavy (non-hydrogen) atoms. The second-order valence-corrected chi connectivity index (χ2v) is 4.83. The SMILES string of the molecule is CCOC(=O)[C@@H]1CSC(c2cccc([N+](=O)[O-])c2)=N1. The van der Waals surface area contributed by atoms with Crippen LogP contribution in [0, 0.1) is 10.1 Å². The lowest BCUT2D eigenvalue weighted by Gasteiger charge is -2.03. The van der Waals surface area contributed by atoms with Crippen molar-refractivity contribution in [3.05, 3.63) is 39.9 Å². The average molecular weight is 280 g/mol. The molecule has 0 saturated heterocycles. The van der Waals surface area contributed by atoms with Crippen LogP contribution in [0.2, 0.25) is 0 Å². The Balaban J connectivity index is 2.19. The number of nitrogens with zero attached hydrogens (tertiary/aromatic N) is 2. The Morgan fingerprint density at radius 2 is 2.42 bits per heavy atom. The minimum Gasteiger partial charge on any atom is -0.464 e. The summed E-state index contributed by atoms with van der Waals surface area (Å²) in [6, 6.07) is 5.71. The van der Waals surface area contributed by atoms with Crippen LogP contribution in [0.4, 0.5) is 5.69 Å². The summed E-state index contributed by atoms with van der Waals surface area (Å²) < 4.78 is 4.90. The molecule has 2 rings (SSSR count). The molecule has 6 nitrogen and oxygen atoms in total. The number of rotatable bonds is 4. The summed E-state index contributed by atoms with van der Waals surface area (Å²) in [5.74, 6) is 0.159. The highest BCUT2D eigenvalue weighted by atomic mass is 32.2. The zero-order valence-electron chi connectivity index (χ0n) is 10.2. The lowest BCUT2D eigenvalue weighted by atomic mass is 10.2. The van der Waals surface area contributed by atoms with Crippen molar-refractivity contribution in [1.29, 1.82) is 0 Å². The molecule has 7 heteroatoms. The van der Waals surface area contributed by atoms with Gasteiger partial charge in [0.1, 0.15) is 0 Å². The predicted octanol–water partition coefficient (Wildman–Crippen LogP) is 2.02. The first-order valence-electron chi connectivity index (χ1n) is 5.74. The highest BCUT2D eigenvalue weighted by molar-refractivity contribution is 8.14. The topological polar surface area (TPSA) is 81.8 Å². The average Bonchev–Trinajstić information content (AvgIpc) is 2.89. The van der Waals surface area contributed by atoms with Gasteiger partial charge in [-0.1, -0.05) is 12.1 Å². The summed E-state index contributed by atoms with van der Waals surface area (Å²) in [6.07, 6.45) is 0. The number of hydrogen-bond acceptors (Lipinski definition) is 6. The smallest absolute Gasteiger partial charge is 0.331 e. The van der Waals surface area contributed by atoms with Gasteiger partial charge in [0.15, 0.2) is 6.04 Å². The van der Waals surface area contributed by atoms with E-state index in [1.54, 1.807) is 19.1 Å². The summed E-state index contributed by atoms with van der Waals surface area (Å²) in [7, 11) is 0. The Morgan fingerprint density at radius 3 is 3.11 bits per heavy atom. The molecule has 0 fully saturated rings. The molecule has 1 aliphatic rings. The van der Waals surface area contributed by atoms with E-state index < -0.39 is 11.0 Å². The fraction of sp³-hybridized carbons (Fsp3) is 0.333. The number of carbonyl (C=O) groups excluding carboxylic acids is 1. The van der Waals surface area contributed by atoms with Crippen LogP contribution < -0.4 is 0 Å². The third kappa shape index (κ3) is 3.11. The predicted molar refractivity (Wildman–Crippen MR) is 72.5 cm³/mol. The van der Waals surface area contributed by atoms with Gasteiger partial charge in [0.25, 0.3) is 5.69 Å². The number of carbonyl (C=O) groups is 1. The van der Waals surface area contributed by atoms with Gasteiger partial charge in [0, 0.05) is 23.4 Å². The second kappa shape index (κ2) is 5.83. The number of nitro groups is 1. The van der Waals surface area contributed by atoms with Gasteiger partial charge in [0.2, 0.25) is 0 Å². The number of benzene rings is 1. The molecule has 100 valence electrons. The van der Waals surface area contributed by atoms with Crippen molar-refractivity contribution < 1.29 is 14.5 Å². The molecule has 0 unspecified atom stereocenters. The van der Waals surface area contributed by atoms with E-state index in [9.17, 15) is 14.9 Å². The van der Waals surface area contributed by atoms with E-state index >= 15 is 0 Å². The van der Waals surface area contributed by atoms with Crippen molar-refractivity contribution in [3.8, 4) is 0 Å². The maximum Gasteiger partial charge on any atom is 0.331 e. The zero-order chi connectivity index (χ0) is 13.8. The Kier molecular flexibility index (Phi) is 4.16. The standard InChI is InChI=1S/C12H12N2O4S/c1-2-18-12(15)10-7-19-11(13-10)8-4-3-5-9(6-8)14(16)17/h3-6,10H,2,7H2,1H3/t10-/m0/s1. The molecule has 0 aliphatic carbocycles. The van der Waals surface area contributed by atoms with E-state index in [4.69, 9.17) is 4.74 Å². The Hall–Kier alpha value is -1.89. The molecule has 0 amide bonds. The highest BCUT2D eigenvalue weighted by Crippen LogP contribution is 2.26. The van der Waals surface area contributed by atoms with E-state index in [1.165, 1.54) is 23.9 Å². The van der Waals surface area contributed by atoms with Gasteiger partial charge in [-0.2, -0.15) is 0 Å². The van der Waals surface area contributed by atoms with Crippen LogP contribution >= 0.6 is 11.8 Å². The fourth-order valence-corrected chi connectivity index (χ4v) is 2.67. The number of aliphatic imine (C=N–C) groups is 1. The van der Waals surface area contributed by atoms with E-state index in [0.29, 0.717) is 23.0 Å². The molecule has 0 radical (unpaired) electrons. The van der Waals surface area contributed by atoms with Gasteiger partial charge < -0.3 is 4.74 Å². The largest absolute Gasteiger partial charge is 0.464 e. The Labute approximate surface area is 114 Å². The number of ether oxygens (including phenoxy) is 1. The van der Waals surface area contributed by atoms with Gasteiger partial charge in [-0.15, -0.1) is 11.8 Å². The third-order valence-corrected chi connectivity index (χ3v) is 3.61. The van der Waals surface area contributed by atoms with Gasteiger partial charge in [-0.05, 0) is 6.92 Å². The second-order valence-electron chi connectivity index (χ2n) is 3.82. The summed E-state index contributed by atoms with van der Waals surface area (Å²) in [5.41, 5.74) is 0.673. The number of non-ortho nitro benzene ring substituents is 1. The van der Waals surface area contributed by atoms with Gasteiger partial charge in [0.05, 0.1) is 16.6 Å². The van der Waals surface area contributed by atoms with Crippen molar-refractivity contribution >= 4 is 28.5 Å². The summed E-state index contributed by atoms with van der Waals surface area (Å²) in [4.78, 5) is 26.1. The van der Waals surface area contributed by atoms with Crippen LogP contribution in [-0.4, -0.2) is 34.3 Å². The fourth-order valence-electron chi connectivity index (χ4n) is 1.64. The molecule has 1 atom stereocenters. The van der Waals surface area contributed by atoms with Gasteiger partial charge in [-0.3, -0.25) is 15.1 Å². The van der Waals surface area contributed by atoms with E-state index in [1.807, 2.05) is 0 Å². The lowest BCUT2D eigenvalue weighted by Crippen LogP contribution is -2.21. The van der Waals surface area contributed by atoms with Crippen LogP contribution in [0.3, 0.4) is 0 Å². The minimum absolute atomic E-state index is 0.0142. The minimum atomic E-state index is -0.515. The first-order valence-corrected chi connectivity index (χ1v) is 6.72. The molecular weight excluding hydrogens is 268 g/mol. The molecule has 0 N–H and O–H groups in total. The Morgan fingerprint density at radius 1 is 1.63 bits per heavy atom. The monoisotopic (exact) mass is 280 g/mol. The molecule has 0 bridgehead atoms. The maximum atomic E-state index is 11.5. The molecule has 0 aromatic heterocycles. The zero-order valence-corrected chi connectivity index (χ0v) is 11.1. The molecule has 1 aromatic rings. The normalized spacial score (nSPS) is 17.9. The summed E-state index contributed by atoms with van der Waals surface area (Å²) in [6.45, 7) is 2.06.